The van der Waals surface area contributed by atoms with Gasteiger partial charge in [0.05, 0.1) is 0 Å². The van der Waals surface area contributed by atoms with Gasteiger partial charge >= 0.3 is 112 Å². The number of hydrogen-bond acceptors (Lipinski definition) is 0. The first-order valence-electron chi connectivity index (χ1n) is 17.4. The normalized spacial score (nSPS) is 11.8. The monoisotopic (exact) mass is 796 g/mol. The first-order chi connectivity index (χ1) is 22.2. The third-order valence-electron chi connectivity index (χ3n) is 9.26. The van der Waals surface area contributed by atoms with Crippen molar-refractivity contribution in [3.8, 4) is 11.1 Å². The Bertz CT molecular complexity index is 1760. The van der Waals surface area contributed by atoms with Crippen molar-refractivity contribution in [1.82, 2.24) is 0 Å². The van der Waals surface area contributed by atoms with Crippen LogP contribution in [0.4, 0.5) is 0 Å². The molecule has 0 radical (unpaired) electrons. The topological polar surface area (TPSA) is 0 Å². The molecule has 0 unspecified atom stereocenters. The van der Waals surface area contributed by atoms with E-state index in [0.29, 0.717) is 0 Å². The zero-order valence-corrected chi connectivity index (χ0v) is 37.6. The maximum Gasteiger partial charge on any atom is -1.00 e. The average Bonchev–Trinajstić information content (AvgIpc) is 3.55. The molecule has 1 aliphatic rings. The Hall–Kier alpha value is -2.22. The van der Waals surface area contributed by atoms with Crippen LogP contribution >= 0.6 is 0 Å². The molecule has 264 valence electrons. The van der Waals surface area contributed by atoms with Crippen molar-refractivity contribution in [3.05, 3.63) is 153 Å². The van der Waals surface area contributed by atoms with Crippen LogP contribution in [0.2, 0.25) is 19.6 Å². The summed E-state index contributed by atoms with van der Waals surface area (Å²) in [5.74, 6) is 0. The van der Waals surface area contributed by atoms with E-state index >= 15 is 0 Å². The Morgan fingerprint density at radius 3 is 1.54 bits per heavy atom. The van der Waals surface area contributed by atoms with Crippen LogP contribution in [-0.4, -0.2) is 11.3 Å². The van der Waals surface area contributed by atoms with E-state index in [1.165, 1.54) is 94.2 Å². The number of benzene rings is 4. The summed E-state index contributed by atoms with van der Waals surface area (Å²) in [5, 5.41) is 1.62. The summed E-state index contributed by atoms with van der Waals surface area (Å²) in [5.41, 5.74) is 17.0. The molecule has 0 nitrogen and oxygen atoms in total. The number of fused-ring (bicyclic) bond motifs is 3. The molecule has 0 saturated heterocycles. The largest absolute Gasteiger partial charge is 1.00 e. The van der Waals surface area contributed by atoms with Crippen LogP contribution in [0.3, 0.4) is 0 Å². The van der Waals surface area contributed by atoms with Crippen molar-refractivity contribution in [2.24, 2.45) is 0 Å². The number of rotatable bonds is 3. The van der Waals surface area contributed by atoms with Gasteiger partial charge in [-0.3, -0.25) is 0 Å². The summed E-state index contributed by atoms with van der Waals surface area (Å²) >= 11 is 1.46. The molecule has 0 bridgehead atoms. The van der Waals surface area contributed by atoms with Crippen LogP contribution in [0.5, 0.6) is 0 Å². The van der Waals surface area contributed by atoms with Gasteiger partial charge in [0.1, 0.15) is 0 Å². The molecule has 1 aliphatic carbocycles. The minimum atomic E-state index is -1.06. The van der Waals surface area contributed by atoms with E-state index in [1.54, 1.807) is 5.19 Å². The Kier molecular flexibility index (Phi) is 15.4. The molecule has 6 rings (SSSR count). The number of hydrogen-bond donors (Lipinski definition) is 0. The Labute approximate surface area is 333 Å². The van der Waals surface area contributed by atoms with E-state index in [4.69, 9.17) is 0 Å². The first-order valence-corrected chi connectivity index (χ1v) is 22.1. The zero-order chi connectivity index (χ0) is 35.6. The molecule has 0 fully saturated rings. The van der Waals surface area contributed by atoms with Gasteiger partial charge in [0.15, 0.2) is 0 Å². The SMILES string of the molecule is CC(C)(C)c1c[c-]c2c(c1)-c1cc(C(C)(C)C)ccc1C2.Cc1cc([Si](C)(C)C)c(C)[cH-]1.Cc1ccc([C](=[Zr+2])c2ccc(C)cc2)cc1.[Cl-].[Cl-]. The van der Waals surface area contributed by atoms with Crippen LogP contribution in [0.15, 0.2) is 91.0 Å². The molecule has 0 aliphatic heterocycles. The Morgan fingerprint density at radius 2 is 1.14 bits per heavy atom. The van der Waals surface area contributed by atoms with Gasteiger partial charge in [-0.15, -0.1) is 5.56 Å². The van der Waals surface area contributed by atoms with Gasteiger partial charge in [0, 0.05) is 8.07 Å². The van der Waals surface area contributed by atoms with Gasteiger partial charge in [-0.1, -0.05) is 110 Å². The summed E-state index contributed by atoms with van der Waals surface area (Å²) in [6.07, 6.45) is 1.03. The molecule has 0 N–H and O–H groups in total. The van der Waals surface area contributed by atoms with E-state index in [0.717, 1.165) is 6.42 Å². The fourth-order valence-corrected chi connectivity index (χ4v) is 8.94. The molecular weight excluding hydrogens is 743 g/mol. The second kappa shape index (κ2) is 17.5. The van der Waals surface area contributed by atoms with Crippen LogP contribution in [0, 0.1) is 33.8 Å². The van der Waals surface area contributed by atoms with E-state index in [1.807, 2.05) is 0 Å². The van der Waals surface area contributed by atoms with Gasteiger partial charge < -0.3 is 24.8 Å². The maximum absolute atomic E-state index is 3.53. The fraction of sp³-hybridized carbons (Fsp3) is 0.348. The van der Waals surface area contributed by atoms with Crippen molar-refractivity contribution in [3.63, 3.8) is 0 Å². The zero-order valence-electron chi connectivity index (χ0n) is 32.6. The minimum Gasteiger partial charge on any atom is -1.00 e. The van der Waals surface area contributed by atoms with Gasteiger partial charge in [-0.2, -0.15) is 51.7 Å². The van der Waals surface area contributed by atoms with Crippen molar-refractivity contribution < 1.29 is 49.0 Å². The minimum absolute atomic E-state index is 0. The van der Waals surface area contributed by atoms with Crippen LogP contribution < -0.4 is 30.0 Å². The van der Waals surface area contributed by atoms with Crippen molar-refractivity contribution >= 4 is 16.5 Å². The second-order valence-corrected chi connectivity index (χ2v) is 23.1. The molecule has 0 spiro atoms. The predicted molar refractivity (Wildman–Crippen MR) is 211 cm³/mol. The standard InChI is InChI=1S/C21H25.C15H14.C10H17Si.2ClH.Zr/c1-20(2,3)16-9-7-14-11-15-8-10-17(21(4,5)6)13-19(15)18(14)12-16;1-12-3-7-14(8-4-12)11-15-9-5-13(2)6-10-15;1-8-6-9(2)10(7-8)11(3,4)5;;;/h7,9-10,12-13H,11H2,1-6H3;3-10H,1-2H3;6-7H,1-5H3;2*1H;/q-1;;-1;;;+2/p-2. The van der Waals surface area contributed by atoms with Crippen LogP contribution in [-0.2, 0) is 41.5 Å². The van der Waals surface area contributed by atoms with Crippen LogP contribution in [0.1, 0.15) is 97.2 Å². The van der Waals surface area contributed by atoms with Gasteiger partial charge in [0.25, 0.3) is 0 Å². The molecule has 50 heavy (non-hydrogen) atoms. The molecule has 0 aromatic heterocycles. The van der Waals surface area contributed by atoms with Gasteiger partial charge in [-0.25, -0.2) is 6.07 Å². The predicted octanol–water partition coefficient (Wildman–Crippen LogP) is 5.65. The molecule has 4 heteroatoms. The fourth-order valence-electron chi connectivity index (χ4n) is 6.20. The summed E-state index contributed by atoms with van der Waals surface area (Å²) in [6.45, 7) is 29.5. The molecule has 5 aromatic rings. The number of aryl methyl sites for hydroxylation is 4. The van der Waals surface area contributed by atoms with E-state index < -0.39 is 8.07 Å². The molecular formula is C46H56Cl2SiZr-2. The van der Waals surface area contributed by atoms with E-state index in [9.17, 15) is 0 Å². The average molecular weight is 799 g/mol. The molecule has 0 atom stereocenters. The van der Waals surface area contributed by atoms with Crippen molar-refractivity contribution in [1.29, 1.82) is 0 Å². The van der Waals surface area contributed by atoms with E-state index in [2.05, 4.69) is 186 Å². The summed E-state index contributed by atoms with van der Waals surface area (Å²) < 4.78 is 1.42. The summed E-state index contributed by atoms with van der Waals surface area (Å²) in [4.78, 5) is 0. The van der Waals surface area contributed by atoms with Crippen LogP contribution in [0.25, 0.3) is 11.1 Å². The van der Waals surface area contributed by atoms with Crippen molar-refractivity contribution in [2.45, 2.75) is 106 Å². The van der Waals surface area contributed by atoms with Gasteiger partial charge in [0.2, 0.25) is 0 Å². The third kappa shape index (κ3) is 11.4. The first kappa shape index (κ1) is 43.9. The molecule has 5 aromatic carbocycles. The molecule has 0 heterocycles. The smallest absolute Gasteiger partial charge is 1.00 e. The Morgan fingerprint density at radius 1 is 0.660 bits per heavy atom. The molecule has 0 saturated carbocycles. The van der Waals surface area contributed by atoms with E-state index in [-0.39, 0.29) is 35.6 Å². The van der Waals surface area contributed by atoms with Crippen molar-refractivity contribution in [2.75, 3.05) is 0 Å². The third-order valence-corrected chi connectivity index (χ3v) is 12.8. The second-order valence-electron chi connectivity index (χ2n) is 16.8. The maximum atomic E-state index is 3.53. The quantitative estimate of drug-likeness (QED) is 0.161. The van der Waals surface area contributed by atoms with Gasteiger partial charge in [-0.05, 0) is 17.4 Å². The molecule has 0 amide bonds. The summed E-state index contributed by atoms with van der Waals surface area (Å²) in [6, 6.07) is 37.2. The number of halogens is 2. The summed E-state index contributed by atoms with van der Waals surface area (Å²) in [7, 11) is -1.06. The Balaban J connectivity index is 0.000000268.